The number of carbonyl (C=O) groups is 4. The predicted octanol–water partition coefficient (Wildman–Crippen LogP) is 2.64. The highest BCUT2D eigenvalue weighted by molar-refractivity contribution is 6.22. The van der Waals surface area contributed by atoms with Crippen LogP contribution >= 0.6 is 0 Å². The first kappa shape index (κ1) is 21.0. The van der Waals surface area contributed by atoms with Crippen LogP contribution in [-0.4, -0.2) is 59.2 Å². The molecule has 7 nitrogen and oxygen atoms in total. The molecule has 0 radical (unpaired) electrons. The van der Waals surface area contributed by atoms with E-state index in [9.17, 15) is 19.2 Å². The summed E-state index contributed by atoms with van der Waals surface area (Å²) in [4.78, 5) is 53.5. The van der Waals surface area contributed by atoms with E-state index >= 15 is 0 Å². The first-order valence-electron chi connectivity index (χ1n) is 10.3. The summed E-state index contributed by atoms with van der Waals surface area (Å²) in [6, 6.07) is 5.48. The number of nitrogens with zero attached hydrogens (tertiary/aromatic N) is 2. The molecule has 2 heterocycles. The van der Waals surface area contributed by atoms with Crippen molar-refractivity contribution in [2.24, 2.45) is 5.92 Å². The van der Waals surface area contributed by atoms with Crippen LogP contribution in [0, 0.1) is 5.92 Å². The van der Waals surface area contributed by atoms with Gasteiger partial charge >= 0.3 is 5.97 Å². The van der Waals surface area contributed by atoms with E-state index in [4.69, 9.17) is 4.74 Å². The average molecular weight is 400 g/mol. The fraction of sp³-hybridized carbons (Fsp3) is 0.545. The van der Waals surface area contributed by atoms with Crippen molar-refractivity contribution in [3.05, 3.63) is 35.4 Å². The van der Waals surface area contributed by atoms with E-state index in [1.54, 1.807) is 29.2 Å². The van der Waals surface area contributed by atoms with Gasteiger partial charge in [-0.25, -0.2) is 4.79 Å². The number of benzene rings is 1. The standard InChI is InChI=1S/C22H28N2O5/c1-15(2)13-18(24-20(26)16-9-5-6-10-17(16)21(24)27)22(28)29-14-19(25)23-11-7-3-4-8-12-23/h5-6,9-10,15,18H,3-4,7-8,11-14H2,1-2H3/t18-/m0/s1. The molecule has 1 aromatic rings. The molecule has 2 aliphatic heterocycles. The van der Waals surface area contributed by atoms with Crippen molar-refractivity contribution in [3.8, 4) is 0 Å². The molecule has 0 N–H and O–H groups in total. The summed E-state index contributed by atoms with van der Waals surface area (Å²) in [7, 11) is 0. The molecule has 29 heavy (non-hydrogen) atoms. The molecule has 0 saturated carbocycles. The Hall–Kier alpha value is -2.70. The highest BCUT2D eigenvalue weighted by Gasteiger charge is 2.43. The lowest BCUT2D eigenvalue weighted by molar-refractivity contribution is -0.155. The lowest BCUT2D eigenvalue weighted by Crippen LogP contribution is -2.47. The molecular formula is C22H28N2O5. The van der Waals surface area contributed by atoms with Gasteiger partial charge in [-0.3, -0.25) is 19.3 Å². The van der Waals surface area contributed by atoms with Gasteiger partial charge in [-0.1, -0.05) is 38.8 Å². The number of fused-ring (bicyclic) bond motifs is 1. The Labute approximate surface area is 171 Å². The maximum absolute atomic E-state index is 12.8. The van der Waals surface area contributed by atoms with Gasteiger partial charge in [0.2, 0.25) is 0 Å². The van der Waals surface area contributed by atoms with E-state index in [2.05, 4.69) is 0 Å². The molecule has 1 atom stereocenters. The number of amides is 3. The van der Waals surface area contributed by atoms with E-state index in [1.807, 2.05) is 13.8 Å². The number of likely N-dealkylation sites (tertiary alicyclic amines) is 1. The molecule has 1 fully saturated rings. The maximum atomic E-state index is 12.8. The van der Waals surface area contributed by atoms with Crippen molar-refractivity contribution < 1.29 is 23.9 Å². The molecule has 3 rings (SSSR count). The fourth-order valence-electron chi connectivity index (χ4n) is 3.88. The molecular weight excluding hydrogens is 372 g/mol. The van der Waals surface area contributed by atoms with Crippen molar-refractivity contribution in [1.82, 2.24) is 9.80 Å². The summed E-state index contributed by atoms with van der Waals surface area (Å²) in [6.07, 6.45) is 4.37. The summed E-state index contributed by atoms with van der Waals surface area (Å²) >= 11 is 0. The van der Waals surface area contributed by atoms with E-state index in [-0.39, 0.29) is 24.9 Å². The second kappa shape index (κ2) is 9.20. The first-order chi connectivity index (χ1) is 13.9. The second-order valence-corrected chi connectivity index (χ2v) is 8.07. The fourth-order valence-corrected chi connectivity index (χ4v) is 3.88. The highest BCUT2D eigenvalue weighted by Crippen LogP contribution is 2.27. The van der Waals surface area contributed by atoms with Crippen LogP contribution in [0.3, 0.4) is 0 Å². The number of carbonyl (C=O) groups excluding carboxylic acids is 4. The summed E-state index contributed by atoms with van der Waals surface area (Å²) in [5.41, 5.74) is 0.583. The number of ether oxygens (including phenoxy) is 1. The third-order valence-corrected chi connectivity index (χ3v) is 5.40. The smallest absolute Gasteiger partial charge is 0.329 e. The van der Waals surface area contributed by atoms with Crippen molar-refractivity contribution >= 4 is 23.7 Å². The van der Waals surface area contributed by atoms with Crippen molar-refractivity contribution in [2.45, 2.75) is 52.0 Å². The highest BCUT2D eigenvalue weighted by atomic mass is 16.5. The minimum absolute atomic E-state index is 0.0539. The lowest BCUT2D eigenvalue weighted by Gasteiger charge is -2.26. The number of esters is 1. The molecule has 156 valence electrons. The summed E-state index contributed by atoms with van der Waals surface area (Å²) < 4.78 is 5.29. The molecule has 0 spiro atoms. The van der Waals surface area contributed by atoms with E-state index < -0.39 is 23.8 Å². The Morgan fingerprint density at radius 2 is 1.52 bits per heavy atom. The van der Waals surface area contributed by atoms with Crippen LogP contribution in [0.25, 0.3) is 0 Å². The third-order valence-electron chi connectivity index (χ3n) is 5.40. The topological polar surface area (TPSA) is 84.0 Å². The van der Waals surface area contributed by atoms with Crippen LogP contribution in [0.1, 0.15) is 66.7 Å². The zero-order valence-corrected chi connectivity index (χ0v) is 17.1. The number of hydrogen-bond donors (Lipinski definition) is 0. The lowest BCUT2D eigenvalue weighted by atomic mass is 10.0. The van der Waals surface area contributed by atoms with Crippen LogP contribution in [0.2, 0.25) is 0 Å². The van der Waals surface area contributed by atoms with Gasteiger partial charge in [-0.2, -0.15) is 0 Å². The van der Waals surface area contributed by atoms with Gasteiger partial charge in [0.15, 0.2) is 6.61 Å². The molecule has 1 saturated heterocycles. The quantitative estimate of drug-likeness (QED) is 0.541. The van der Waals surface area contributed by atoms with Crippen molar-refractivity contribution in [3.63, 3.8) is 0 Å². The van der Waals surface area contributed by atoms with Crippen LogP contribution in [0.5, 0.6) is 0 Å². The zero-order valence-electron chi connectivity index (χ0n) is 17.1. The number of hydrogen-bond acceptors (Lipinski definition) is 5. The third kappa shape index (κ3) is 4.66. The van der Waals surface area contributed by atoms with Gasteiger partial charge in [0.25, 0.3) is 17.7 Å². The monoisotopic (exact) mass is 400 g/mol. The molecule has 1 aromatic carbocycles. The molecule has 0 unspecified atom stereocenters. The van der Waals surface area contributed by atoms with Gasteiger partial charge in [0.05, 0.1) is 11.1 Å². The van der Waals surface area contributed by atoms with Crippen LogP contribution in [0.4, 0.5) is 0 Å². The van der Waals surface area contributed by atoms with E-state index in [0.29, 0.717) is 24.2 Å². The van der Waals surface area contributed by atoms with E-state index in [1.165, 1.54) is 0 Å². The summed E-state index contributed by atoms with van der Waals surface area (Å²) in [5, 5.41) is 0. The Kier molecular flexibility index (Phi) is 6.67. The molecule has 0 aromatic heterocycles. The Bertz CT molecular complexity index is 761. The van der Waals surface area contributed by atoms with Gasteiger partial charge in [0, 0.05) is 13.1 Å². The van der Waals surface area contributed by atoms with Gasteiger partial charge < -0.3 is 9.64 Å². The average Bonchev–Trinajstić information content (AvgIpc) is 2.89. The zero-order chi connectivity index (χ0) is 21.0. The largest absolute Gasteiger partial charge is 0.454 e. The van der Waals surface area contributed by atoms with Gasteiger partial charge in [-0.05, 0) is 37.3 Å². The summed E-state index contributed by atoms with van der Waals surface area (Å²) in [6.45, 7) is 4.78. The van der Waals surface area contributed by atoms with Crippen molar-refractivity contribution in [2.75, 3.05) is 19.7 Å². The SMILES string of the molecule is CC(C)C[C@@H](C(=O)OCC(=O)N1CCCCCC1)N1C(=O)c2ccccc2C1=O. The molecule has 2 aliphatic rings. The Balaban J connectivity index is 1.70. The maximum Gasteiger partial charge on any atom is 0.329 e. The Morgan fingerprint density at radius 3 is 2.03 bits per heavy atom. The minimum atomic E-state index is -1.04. The molecule has 3 amide bonds. The van der Waals surface area contributed by atoms with E-state index in [0.717, 1.165) is 30.6 Å². The molecule has 7 heteroatoms. The minimum Gasteiger partial charge on any atom is -0.454 e. The Morgan fingerprint density at radius 1 is 0.966 bits per heavy atom. The first-order valence-corrected chi connectivity index (χ1v) is 10.3. The summed E-state index contributed by atoms with van der Waals surface area (Å²) in [5.74, 6) is -1.88. The van der Waals surface area contributed by atoms with Crippen LogP contribution < -0.4 is 0 Å². The number of rotatable bonds is 6. The predicted molar refractivity (Wildman–Crippen MR) is 106 cm³/mol. The number of imide groups is 1. The van der Waals surface area contributed by atoms with Crippen LogP contribution in [0.15, 0.2) is 24.3 Å². The van der Waals surface area contributed by atoms with Crippen molar-refractivity contribution in [1.29, 1.82) is 0 Å². The van der Waals surface area contributed by atoms with Gasteiger partial charge in [0.1, 0.15) is 6.04 Å². The van der Waals surface area contributed by atoms with Gasteiger partial charge in [-0.15, -0.1) is 0 Å². The second-order valence-electron chi connectivity index (χ2n) is 8.07. The van der Waals surface area contributed by atoms with Crippen LogP contribution in [-0.2, 0) is 14.3 Å². The molecule has 0 bridgehead atoms. The molecule has 0 aliphatic carbocycles. The normalized spacial score (nSPS) is 17.9.